The lowest BCUT2D eigenvalue weighted by Gasteiger charge is -2.12. The summed E-state index contributed by atoms with van der Waals surface area (Å²) in [6.45, 7) is 0. The number of para-hydroxylation sites is 1. The summed E-state index contributed by atoms with van der Waals surface area (Å²) in [5.74, 6) is 0. The Labute approximate surface area is 201 Å². The smallest absolute Gasteiger partial charge is 0.0971 e. The van der Waals surface area contributed by atoms with Crippen molar-refractivity contribution in [3.63, 3.8) is 0 Å². The maximum atomic E-state index is 4.64. The average Bonchev–Trinajstić information content (AvgIpc) is 3.44. The van der Waals surface area contributed by atoms with Gasteiger partial charge in [0.05, 0.1) is 28.6 Å². The molecule has 0 saturated carbocycles. The van der Waals surface area contributed by atoms with E-state index in [4.69, 9.17) is 0 Å². The number of aromatic nitrogens is 4. The first-order valence-electron chi connectivity index (χ1n) is 11.7. The maximum Gasteiger partial charge on any atom is 0.0971 e. The number of fused-ring (bicyclic) bond motifs is 6. The molecule has 0 amide bonds. The van der Waals surface area contributed by atoms with Crippen LogP contribution in [0.3, 0.4) is 0 Å². The second-order valence-electron chi connectivity index (χ2n) is 8.94. The minimum absolute atomic E-state index is 0.969. The van der Waals surface area contributed by atoms with E-state index < -0.39 is 0 Å². The quantitative estimate of drug-likeness (QED) is 0.277. The molecule has 0 radical (unpaired) electrons. The highest BCUT2D eigenvalue weighted by molar-refractivity contribution is 6.17. The van der Waals surface area contributed by atoms with E-state index in [2.05, 4.69) is 104 Å². The summed E-state index contributed by atoms with van der Waals surface area (Å²) < 4.78 is 2.31. The Hall–Kier alpha value is -4.83. The average molecular weight is 447 g/mol. The molecule has 3 heterocycles. The van der Waals surface area contributed by atoms with Crippen molar-refractivity contribution in [3.8, 4) is 39.3 Å². The molecule has 4 heteroatoms. The molecule has 8 rings (SSSR count). The molecule has 4 aromatic carbocycles. The Kier molecular flexibility index (Phi) is 3.63. The van der Waals surface area contributed by atoms with Crippen molar-refractivity contribution >= 4 is 32.6 Å². The highest BCUT2D eigenvalue weighted by atomic mass is 15.0. The number of hydrogen-bond acceptors (Lipinski definition) is 3. The van der Waals surface area contributed by atoms with Crippen LogP contribution < -0.4 is 0 Å². The van der Waals surface area contributed by atoms with E-state index in [9.17, 15) is 0 Å². The molecule has 7 aromatic rings. The molecule has 1 aliphatic carbocycles. The molecule has 0 atom stereocenters. The Balaban J connectivity index is 1.38. The number of hydrogen-bond donors (Lipinski definition) is 0. The van der Waals surface area contributed by atoms with Gasteiger partial charge >= 0.3 is 0 Å². The Morgan fingerprint density at radius 2 is 1.29 bits per heavy atom. The van der Waals surface area contributed by atoms with Crippen molar-refractivity contribution in [2.24, 2.45) is 0 Å². The molecule has 3 aromatic heterocycles. The number of nitrogens with zero attached hydrogens (tertiary/aromatic N) is 4. The summed E-state index contributed by atoms with van der Waals surface area (Å²) in [4.78, 5) is 13.7. The van der Waals surface area contributed by atoms with Gasteiger partial charge in [-0.05, 0) is 40.8 Å². The van der Waals surface area contributed by atoms with Crippen molar-refractivity contribution < 1.29 is 0 Å². The van der Waals surface area contributed by atoms with E-state index in [0.717, 1.165) is 33.7 Å². The van der Waals surface area contributed by atoms with Crippen LogP contribution in [0.25, 0.3) is 71.9 Å². The van der Waals surface area contributed by atoms with E-state index in [1.807, 2.05) is 12.4 Å². The van der Waals surface area contributed by atoms with E-state index >= 15 is 0 Å². The van der Waals surface area contributed by atoms with Gasteiger partial charge in [-0.15, -0.1) is 0 Å². The first-order chi connectivity index (χ1) is 17.4. The van der Waals surface area contributed by atoms with Crippen LogP contribution in [0.5, 0.6) is 0 Å². The maximum absolute atomic E-state index is 4.64. The second-order valence-corrected chi connectivity index (χ2v) is 8.94. The summed E-state index contributed by atoms with van der Waals surface area (Å²) >= 11 is 0. The van der Waals surface area contributed by atoms with Crippen LogP contribution in [0.15, 0.2) is 110 Å². The summed E-state index contributed by atoms with van der Waals surface area (Å²) in [6.07, 6.45) is 7.37. The van der Waals surface area contributed by atoms with Crippen LogP contribution >= 0.6 is 0 Å². The largest absolute Gasteiger partial charge is 0.308 e. The van der Waals surface area contributed by atoms with Crippen LogP contribution in [0.2, 0.25) is 0 Å². The summed E-state index contributed by atoms with van der Waals surface area (Å²) in [7, 11) is 0. The molecule has 162 valence electrons. The molecule has 1 aliphatic rings. The predicted molar refractivity (Wildman–Crippen MR) is 142 cm³/mol. The molecule has 0 saturated heterocycles. The van der Waals surface area contributed by atoms with Crippen LogP contribution in [0.4, 0.5) is 0 Å². The minimum atomic E-state index is 0.969. The molecule has 4 nitrogen and oxygen atoms in total. The lowest BCUT2D eigenvalue weighted by molar-refractivity contribution is 1.17. The third kappa shape index (κ3) is 2.48. The highest BCUT2D eigenvalue weighted by Gasteiger charge is 2.24. The third-order valence-electron chi connectivity index (χ3n) is 7.14. The zero-order chi connectivity index (χ0) is 22.9. The molecule has 0 fully saturated rings. The van der Waals surface area contributed by atoms with Crippen molar-refractivity contribution in [1.82, 2.24) is 19.5 Å². The lowest BCUT2D eigenvalue weighted by atomic mass is 9.94. The molecule has 0 bridgehead atoms. The number of pyridine rings is 1. The lowest BCUT2D eigenvalue weighted by Crippen LogP contribution is -1.94. The highest BCUT2D eigenvalue weighted by Crippen LogP contribution is 2.47. The SMILES string of the molecule is c1cc(-c2ccc3c4c(cccc24)-c2nccnc2-3)cc(-n2c3ccccc3c3ccncc32)c1. The van der Waals surface area contributed by atoms with Gasteiger partial charge in [-0.2, -0.15) is 0 Å². The summed E-state index contributed by atoms with van der Waals surface area (Å²) in [5, 5.41) is 4.90. The van der Waals surface area contributed by atoms with Crippen molar-refractivity contribution in [1.29, 1.82) is 0 Å². The summed E-state index contributed by atoms with van der Waals surface area (Å²) in [5.41, 5.74) is 10.1. The molecule has 0 spiro atoms. The van der Waals surface area contributed by atoms with Crippen LogP contribution in [-0.2, 0) is 0 Å². The van der Waals surface area contributed by atoms with Crippen LogP contribution in [-0.4, -0.2) is 19.5 Å². The fourth-order valence-corrected chi connectivity index (χ4v) is 5.69. The van der Waals surface area contributed by atoms with E-state index in [1.165, 1.54) is 38.2 Å². The van der Waals surface area contributed by atoms with Gasteiger partial charge in [0.2, 0.25) is 0 Å². The van der Waals surface area contributed by atoms with Gasteiger partial charge in [0.15, 0.2) is 0 Å². The molecule has 35 heavy (non-hydrogen) atoms. The first-order valence-corrected chi connectivity index (χ1v) is 11.7. The van der Waals surface area contributed by atoms with Gasteiger partial charge < -0.3 is 4.57 Å². The van der Waals surface area contributed by atoms with E-state index in [0.29, 0.717) is 0 Å². The predicted octanol–water partition coefficient (Wildman–Crippen LogP) is 7.44. The molecule has 0 unspecified atom stereocenters. The van der Waals surface area contributed by atoms with Crippen molar-refractivity contribution in [3.05, 3.63) is 110 Å². The number of benzene rings is 4. The molecule has 0 N–H and O–H groups in total. The normalized spacial score (nSPS) is 12.0. The Morgan fingerprint density at radius 1 is 0.543 bits per heavy atom. The van der Waals surface area contributed by atoms with Crippen LogP contribution in [0, 0.1) is 0 Å². The van der Waals surface area contributed by atoms with Gasteiger partial charge in [0, 0.05) is 51.6 Å². The third-order valence-corrected chi connectivity index (χ3v) is 7.14. The Bertz CT molecular complexity index is 1880. The van der Waals surface area contributed by atoms with E-state index in [-0.39, 0.29) is 0 Å². The minimum Gasteiger partial charge on any atom is -0.308 e. The second kappa shape index (κ2) is 6.84. The first kappa shape index (κ1) is 18.6. The Morgan fingerprint density at radius 3 is 2.20 bits per heavy atom. The van der Waals surface area contributed by atoms with Gasteiger partial charge in [0.25, 0.3) is 0 Å². The van der Waals surface area contributed by atoms with Gasteiger partial charge in [0.1, 0.15) is 0 Å². The fourth-order valence-electron chi connectivity index (χ4n) is 5.69. The van der Waals surface area contributed by atoms with Crippen LogP contribution in [0.1, 0.15) is 0 Å². The standard InChI is InChI=1S/C31H18N4/c1-2-10-27-22(7-1)23-13-14-32-18-28(23)35(27)20-6-3-5-19(17-20)21-11-12-26-29-24(21)8-4-9-25(29)30-31(26)34-16-15-33-30/h1-18H. The van der Waals surface area contributed by atoms with Crippen molar-refractivity contribution in [2.45, 2.75) is 0 Å². The van der Waals surface area contributed by atoms with E-state index in [1.54, 1.807) is 12.4 Å². The number of rotatable bonds is 2. The summed E-state index contributed by atoms with van der Waals surface area (Å²) in [6, 6.07) is 30.3. The van der Waals surface area contributed by atoms with Gasteiger partial charge in [-0.1, -0.05) is 60.7 Å². The molecule has 0 aliphatic heterocycles. The molecular formula is C31H18N4. The zero-order valence-electron chi connectivity index (χ0n) is 18.7. The zero-order valence-corrected chi connectivity index (χ0v) is 18.7. The topological polar surface area (TPSA) is 43.6 Å². The van der Waals surface area contributed by atoms with Gasteiger partial charge in [-0.25, -0.2) is 0 Å². The van der Waals surface area contributed by atoms with Gasteiger partial charge in [-0.3, -0.25) is 15.0 Å². The monoisotopic (exact) mass is 446 g/mol. The molecular weight excluding hydrogens is 428 g/mol. The van der Waals surface area contributed by atoms with Crippen molar-refractivity contribution in [2.75, 3.05) is 0 Å². The fraction of sp³-hybridized carbons (Fsp3) is 0.